The summed E-state index contributed by atoms with van der Waals surface area (Å²) in [5.41, 5.74) is 3.75. The Labute approximate surface area is 118 Å². The van der Waals surface area contributed by atoms with Crippen LogP contribution in [-0.2, 0) is 7.05 Å². The summed E-state index contributed by atoms with van der Waals surface area (Å²) in [6, 6.07) is 6.92. The minimum Gasteiger partial charge on any atom is -0.316 e. The van der Waals surface area contributed by atoms with Crippen LogP contribution in [-0.4, -0.2) is 22.9 Å². The van der Waals surface area contributed by atoms with Gasteiger partial charge in [-0.3, -0.25) is 4.68 Å². The van der Waals surface area contributed by atoms with Crippen LogP contribution in [0.25, 0.3) is 0 Å². The van der Waals surface area contributed by atoms with Gasteiger partial charge in [-0.2, -0.15) is 5.10 Å². The lowest BCUT2D eigenvalue weighted by Gasteiger charge is -2.32. The second-order valence-corrected chi connectivity index (χ2v) is 5.57. The van der Waals surface area contributed by atoms with E-state index in [-0.39, 0.29) is 5.82 Å². The zero-order chi connectivity index (χ0) is 14.1. The summed E-state index contributed by atoms with van der Waals surface area (Å²) in [5, 5.41) is 7.82. The van der Waals surface area contributed by atoms with E-state index in [1.807, 2.05) is 30.1 Å². The highest BCUT2D eigenvalue weighted by Gasteiger charge is 2.29. The molecule has 106 valence electrons. The SMILES string of the molecule is Cc1c(C2CCNCC2c2ccc(F)cc2)cnn1C. The Morgan fingerprint density at radius 3 is 2.65 bits per heavy atom. The molecule has 0 spiro atoms. The molecule has 1 saturated heterocycles. The summed E-state index contributed by atoms with van der Waals surface area (Å²) in [6.07, 6.45) is 3.08. The van der Waals surface area contributed by atoms with Gasteiger partial charge in [0.25, 0.3) is 0 Å². The van der Waals surface area contributed by atoms with Crippen molar-refractivity contribution < 1.29 is 4.39 Å². The summed E-state index contributed by atoms with van der Waals surface area (Å²) in [5.74, 6) is 0.661. The maximum Gasteiger partial charge on any atom is 0.123 e. The predicted molar refractivity (Wildman–Crippen MR) is 77.3 cm³/mol. The number of piperidine rings is 1. The van der Waals surface area contributed by atoms with Gasteiger partial charge in [0.1, 0.15) is 5.82 Å². The van der Waals surface area contributed by atoms with Gasteiger partial charge in [-0.05, 0) is 49.1 Å². The molecule has 3 rings (SSSR count). The van der Waals surface area contributed by atoms with Gasteiger partial charge < -0.3 is 5.32 Å². The summed E-state index contributed by atoms with van der Waals surface area (Å²) >= 11 is 0. The molecule has 4 heteroatoms. The molecule has 1 aromatic heterocycles. The Hall–Kier alpha value is -1.68. The van der Waals surface area contributed by atoms with Crippen molar-refractivity contribution in [3.05, 3.63) is 53.1 Å². The first-order valence-corrected chi connectivity index (χ1v) is 7.11. The minimum atomic E-state index is -0.174. The van der Waals surface area contributed by atoms with Gasteiger partial charge in [-0.15, -0.1) is 0 Å². The average Bonchev–Trinajstić information content (AvgIpc) is 2.80. The fourth-order valence-electron chi connectivity index (χ4n) is 3.17. The quantitative estimate of drug-likeness (QED) is 0.912. The van der Waals surface area contributed by atoms with Crippen LogP contribution in [0.3, 0.4) is 0 Å². The molecular weight excluding hydrogens is 253 g/mol. The average molecular weight is 273 g/mol. The second-order valence-electron chi connectivity index (χ2n) is 5.57. The summed E-state index contributed by atoms with van der Waals surface area (Å²) in [6.45, 7) is 4.08. The van der Waals surface area contributed by atoms with Crippen molar-refractivity contribution in [3.8, 4) is 0 Å². The van der Waals surface area contributed by atoms with Crippen LogP contribution in [0.15, 0.2) is 30.5 Å². The maximum absolute atomic E-state index is 13.1. The van der Waals surface area contributed by atoms with E-state index in [0.717, 1.165) is 19.5 Å². The lowest BCUT2D eigenvalue weighted by atomic mass is 9.77. The number of aryl methyl sites for hydroxylation is 1. The predicted octanol–water partition coefficient (Wildman–Crippen LogP) is 2.73. The maximum atomic E-state index is 13.1. The summed E-state index contributed by atoms with van der Waals surface area (Å²) < 4.78 is 15.0. The van der Waals surface area contributed by atoms with Gasteiger partial charge in [0.2, 0.25) is 0 Å². The number of rotatable bonds is 2. The lowest BCUT2D eigenvalue weighted by Crippen LogP contribution is -2.34. The van der Waals surface area contributed by atoms with Crippen molar-refractivity contribution in [1.29, 1.82) is 0 Å². The Balaban J connectivity index is 1.95. The highest BCUT2D eigenvalue weighted by atomic mass is 19.1. The third-order valence-electron chi connectivity index (χ3n) is 4.45. The number of aromatic nitrogens is 2. The van der Waals surface area contributed by atoms with Crippen molar-refractivity contribution >= 4 is 0 Å². The molecule has 1 aliphatic heterocycles. The van der Waals surface area contributed by atoms with Crippen molar-refractivity contribution in [2.75, 3.05) is 13.1 Å². The second kappa shape index (κ2) is 5.37. The van der Waals surface area contributed by atoms with Crippen LogP contribution in [0.5, 0.6) is 0 Å². The van der Waals surface area contributed by atoms with E-state index >= 15 is 0 Å². The molecule has 1 aromatic carbocycles. The largest absolute Gasteiger partial charge is 0.316 e. The number of nitrogens with one attached hydrogen (secondary N) is 1. The molecule has 20 heavy (non-hydrogen) atoms. The summed E-state index contributed by atoms with van der Waals surface area (Å²) in [4.78, 5) is 0. The molecular formula is C16H20FN3. The molecule has 1 aliphatic rings. The van der Waals surface area contributed by atoms with Crippen molar-refractivity contribution in [3.63, 3.8) is 0 Å². The van der Waals surface area contributed by atoms with E-state index in [0.29, 0.717) is 11.8 Å². The molecule has 0 bridgehead atoms. The molecule has 2 heterocycles. The van der Waals surface area contributed by atoms with E-state index < -0.39 is 0 Å². The highest BCUT2D eigenvalue weighted by Crippen LogP contribution is 2.38. The molecule has 2 aromatic rings. The van der Waals surface area contributed by atoms with Crippen molar-refractivity contribution in [2.24, 2.45) is 7.05 Å². The molecule has 1 fully saturated rings. The monoisotopic (exact) mass is 273 g/mol. The van der Waals surface area contributed by atoms with E-state index in [1.165, 1.54) is 16.8 Å². The van der Waals surface area contributed by atoms with Crippen molar-refractivity contribution in [2.45, 2.75) is 25.2 Å². The fourth-order valence-corrected chi connectivity index (χ4v) is 3.17. The topological polar surface area (TPSA) is 29.9 Å². The Morgan fingerprint density at radius 1 is 1.25 bits per heavy atom. The zero-order valence-electron chi connectivity index (χ0n) is 11.9. The van der Waals surface area contributed by atoms with Gasteiger partial charge >= 0.3 is 0 Å². The number of hydrogen-bond acceptors (Lipinski definition) is 2. The van der Waals surface area contributed by atoms with Crippen LogP contribution >= 0.6 is 0 Å². The van der Waals surface area contributed by atoms with Gasteiger partial charge in [-0.25, -0.2) is 4.39 Å². The van der Waals surface area contributed by atoms with Crippen LogP contribution in [0.1, 0.15) is 35.1 Å². The highest BCUT2D eigenvalue weighted by molar-refractivity contribution is 5.31. The molecule has 0 radical (unpaired) electrons. The van der Waals surface area contributed by atoms with Crippen LogP contribution in [0, 0.1) is 12.7 Å². The minimum absolute atomic E-state index is 0.174. The third-order valence-corrected chi connectivity index (χ3v) is 4.45. The molecule has 1 N–H and O–H groups in total. The number of hydrogen-bond donors (Lipinski definition) is 1. The molecule has 0 aliphatic carbocycles. The molecule has 3 nitrogen and oxygen atoms in total. The molecule has 0 saturated carbocycles. The Bertz CT molecular complexity index is 588. The van der Waals surface area contributed by atoms with Crippen LogP contribution in [0.4, 0.5) is 4.39 Å². The van der Waals surface area contributed by atoms with Crippen molar-refractivity contribution in [1.82, 2.24) is 15.1 Å². The first-order valence-electron chi connectivity index (χ1n) is 7.11. The molecule has 2 unspecified atom stereocenters. The van der Waals surface area contributed by atoms with Gasteiger partial charge in [0.05, 0.1) is 6.20 Å². The number of halogens is 1. The van der Waals surface area contributed by atoms with E-state index in [1.54, 1.807) is 12.1 Å². The fraction of sp³-hybridized carbons (Fsp3) is 0.438. The van der Waals surface area contributed by atoms with Crippen LogP contribution in [0.2, 0.25) is 0 Å². The summed E-state index contributed by atoms with van der Waals surface area (Å²) in [7, 11) is 1.98. The van der Waals surface area contributed by atoms with E-state index in [4.69, 9.17) is 0 Å². The van der Waals surface area contributed by atoms with Gasteiger partial charge in [-0.1, -0.05) is 12.1 Å². The van der Waals surface area contributed by atoms with Crippen LogP contribution < -0.4 is 5.32 Å². The molecule has 2 atom stereocenters. The lowest BCUT2D eigenvalue weighted by molar-refractivity contribution is 0.402. The number of benzene rings is 1. The van der Waals surface area contributed by atoms with Gasteiger partial charge in [0.15, 0.2) is 0 Å². The first-order chi connectivity index (χ1) is 9.66. The van der Waals surface area contributed by atoms with E-state index in [2.05, 4.69) is 17.3 Å². The third kappa shape index (κ3) is 2.36. The number of nitrogens with zero attached hydrogens (tertiary/aromatic N) is 2. The normalized spacial score (nSPS) is 22.9. The van der Waals surface area contributed by atoms with E-state index in [9.17, 15) is 4.39 Å². The Kier molecular flexibility index (Phi) is 3.57. The first kappa shape index (κ1) is 13.3. The Morgan fingerprint density at radius 2 is 2.00 bits per heavy atom. The van der Waals surface area contributed by atoms with Gasteiger partial charge in [0, 0.05) is 25.2 Å². The standard InChI is InChI=1S/C16H20FN3/c1-11-15(10-19-20(11)2)14-7-8-18-9-16(14)12-3-5-13(17)6-4-12/h3-6,10,14,16,18H,7-9H2,1-2H3. The zero-order valence-corrected chi connectivity index (χ0v) is 11.9. The molecule has 0 amide bonds. The smallest absolute Gasteiger partial charge is 0.123 e.